The van der Waals surface area contributed by atoms with E-state index in [9.17, 15) is 5.11 Å². The Morgan fingerprint density at radius 2 is 2.35 bits per heavy atom. The largest absolute Gasteiger partial charge is 0.469 e. The molecule has 0 unspecified atom stereocenters. The molecule has 3 heterocycles. The van der Waals surface area contributed by atoms with Gasteiger partial charge in [-0.05, 0) is 19.1 Å². The molecule has 0 atom stereocenters. The molecule has 23 heavy (non-hydrogen) atoms. The molecule has 3 aromatic heterocycles. The van der Waals surface area contributed by atoms with Gasteiger partial charge in [-0.25, -0.2) is 4.68 Å². The maximum atomic E-state index is 9.22. The first-order chi connectivity index (χ1) is 11.2. The summed E-state index contributed by atoms with van der Waals surface area (Å²) in [6.45, 7) is 2.92. The van der Waals surface area contributed by atoms with Crippen LogP contribution in [0.15, 0.2) is 34.3 Å². The van der Waals surface area contributed by atoms with Gasteiger partial charge in [0.15, 0.2) is 0 Å². The Balaban J connectivity index is 1.81. The van der Waals surface area contributed by atoms with Gasteiger partial charge in [-0.1, -0.05) is 0 Å². The number of rotatable bonds is 6. The lowest BCUT2D eigenvalue weighted by Crippen LogP contribution is -2.09. The number of nitrogens with zero attached hydrogens (tertiary/aromatic N) is 3. The van der Waals surface area contributed by atoms with Crippen molar-refractivity contribution in [3.63, 3.8) is 0 Å². The van der Waals surface area contributed by atoms with Crippen LogP contribution in [0.25, 0.3) is 11.3 Å². The van der Waals surface area contributed by atoms with Crippen LogP contribution in [0.3, 0.4) is 0 Å². The Morgan fingerprint density at radius 1 is 1.48 bits per heavy atom. The maximum absolute atomic E-state index is 9.22. The minimum atomic E-state index is 0.0117. The number of aryl methyl sites for hydroxylation is 1. The summed E-state index contributed by atoms with van der Waals surface area (Å²) in [7, 11) is 0. The zero-order valence-electron chi connectivity index (χ0n) is 12.6. The number of anilines is 1. The normalized spacial score (nSPS) is 10.7. The fourth-order valence-electron chi connectivity index (χ4n) is 2.32. The molecule has 118 valence electrons. The summed E-state index contributed by atoms with van der Waals surface area (Å²) in [5.41, 5.74) is 2.41. The second-order valence-electron chi connectivity index (χ2n) is 5.02. The second-order valence-corrected chi connectivity index (χ2v) is 6.01. The van der Waals surface area contributed by atoms with E-state index >= 15 is 0 Å². The Bertz CT molecular complexity index is 841. The zero-order valence-corrected chi connectivity index (χ0v) is 13.4. The maximum Gasteiger partial charge on any atom is 0.125 e. The van der Waals surface area contributed by atoms with Crippen molar-refractivity contribution in [3.05, 3.63) is 46.0 Å². The fraction of sp³-hybridized carbons (Fsp3) is 0.250. The van der Waals surface area contributed by atoms with Crippen LogP contribution < -0.4 is 5.32 Å². The molecule has 0 aromatic carbocycles. The molecule has 6 nitrogen and oxygen atoms in total. The van der Waals surface area contributed by atoms with Gasteiger partial charge in [-0.3, -0.25) is 0 Å². The number of furan rings is 1. The van der Waals surface area contributed by atoms with Gasteiger partial charge in [0.05, 0.1) is 37.2 Å². The third kappa shape index (κ3) is 3.28. The predicted molar refractivity (Wildman–Crippen MR) is 88.1 cm³/mol. The Labute approximate surface area is 137 Å². The van der Waals surface area contributed by atoms with E-state index in [1.54, 1.807) is 22.3 Å². The number of nitriles is 1. The van der Waals surface area contributed by atoms with Crippen molar-refractivity contribution in [2.45, 2.75) is 20.0 Å². The van der Waals surface area contributed by atoms with Crippen molar-refractivity contribution < 1.29 is 9.52 Å². The predicted octanol–water partition coefficient (Wildman–Crippen LogP) is 2.99. The number of hydrogen-bond acceptors (Lipinski definition) is 6. The topological polar surface area (TPSA) is 87.0 Å². The number of aliphatic hydroxyl groups is 1. The van der Waals surface area contributed by atoms with Crippen LogP contribution >= 0.6 is 11.3 Å². The number of aromatic nitrogens is 2. The molecular formula is C16H16N4O2S. The summed E-state index contributed by atoms with van der Waals surface area (Å²) in [5.74, 6) is 1.63. The first-order valence-electron chi connectivity index (χ1n) is 7.16. The minimum Gasteiger partial charge on any atom is -0.469 e. The standard InChI is InChI=1S/C16H16N4O2S/c1-11-14(2-5-22-11)15-7-16(20(19-15)3-4-21)18-9-13-6-12(8-17)10-23-13/h2,5-7,10,18,21H,3-4,9H2,1H3. The van der Waals surface area contributed by atoms with Gasteiger partial charge in [0, 0.05) is 21.9 Å². The Kier molecular flexibility index (Phi) is 4.46. The van der Waals surface area contributed by atoms with Gasteiger partial charge >= 0.3 is 0 Å². The molecule has 0 aliphatic carbocycles. The summed E-state index contributed by atoms with van der Waals surface area (Å²) in [5, 5.41) is 27.8. The molecule has 0 saturated heterocycles. The van der Waals surface area contributed by atoms with Gasteiger partial charge in [0.1, 0.15) is 17.6 Å². The molecule has 3 rings (SSSR count). The highest BCUT2D eigenvalue weighted by atomic mass is 32.1. The van der Waals surface area contributed by atoms with Crippen molar-refractivity contribution in [1.29, 1.82) is 5.26 Å². The first kappa shape index (κ1) is 15.3. The molecule has 3 aromatic rings. The van der Waals surface area contributed by atoms with Crippen LogP contribution in [0.4, 0.5) is 5.82 Å². The molecule has 0 radical (unpaired) electrons. The molecule has 0 bridgehead atoms. The smallest absolute Gasteiger partial charge is 0.125 e. The molecule has 0 aliphatic rings. The van der Waals surface area contributed by atoms with Crippen molar-refractivity contribution in [1.82, 2.24) is 9.78 Å². The average Bonchev–Trinajstić information content (AvgIpc) is 3.25. The molecule has 2 N–H and O–H groups in total. The fourth-order valence-corrected chi connectivity index (χ4v) is 3.07. The van der Waals surface area contributed by atoms with E-state index < -0.39 is 0 Å². The molecular weight excluding hydrogens is 312 g/mol. The van der Waals surface area contributed by atoms with E-state index in [0.29, 0.717) is 18.7 Å². The lowest BCUT2D eigenvalue weighted by Gasteiger charge is -2.07. The molecule has 0 fully saturated rings. The highest BCUT2D eigenvalue weighted by molar-refractivity contribution is 7.10. The van der Waals surface area contributed by atoms with E-state index in [-0.39, 0.29) is 6.61 Å². The number of nitrogens with one attached hydrogen (secondary N) is 1. The lowest BCUT2D eigenvalue weighted by atomic mass is 10.2. The van der Waals surface area contributed by atoms with E-state index in [0.717, 1.165) is 27.7 Å². The van der Waals surface area contributed by atoms with Gasteiger partial charge in [-0.15, -0.1) is 11.3 Å². The highest BCUT2D eigenvalue weighted by Crippen LogP contribution is 2.26. The van der Waals surface area contributed by atoms with Crippen molar-refractivity contribution in [2.24, 2.45) is 0 Å². The monoisotopic (exact) mass is 328 g/mol. The molecule has 7 heteroatoms. The van der Waals surface area contributed by atoms with Crippen LogP contribution in [0.5, 0.6) is 0 Å². The summed E-state index contributed by atoms with van der Waals surface area (Å²) in [6.07, 6.45) is 1.64. The number of thiophene rings is 1. The third-order valence-corrected chi connectivity index (χ3v) is 4.39. The van der Waals surface area contributed by atoms with E-state index in [4.69, 9.17) is 9.68 Å². The third-order valence-electron chi connectivity index (χ3n) is 3.45. The van der Waals surface area contributed by atoms with E-state index in [2.05, 4.69) is 16.5 Å². The van der Waals surface area contributed by atoms with Crippen molar-refractivity contribution >= 4 is 17.2 Å². The van der Waals surface area contributed by atoms with Gasteiger partial charge in [-0.2, -0.15) is 10.4 Å². The lowest BCUT2D eigenvalue weighted by molar-refractivity contribution is 0.270. The zero-order chi connectivity index (χ0) is 16.2. The van der Waals surface area contributed by atoms with Crippen LogP contribution in [0, 0.1) is 18.3 Å². The molecule has 0 saturated carbocycles. The summed E-state index contributed by atoms with van der Waals surface area (Å²) in [6, 6.07) is 7.81. The highest BCUT2D eigenvalue weighted by Gasteiger charge is 2.13. The van der Waals surface area contributed by atoms with Gasteiger partial charge in [0.2, 0.25) is 0 Å². The Morgan fingerprint density at radius 3 is 3.00 bits per heavy atom. The molecule has 0 amide bonds. The first-order valence-corrected chi connectivity index (χ1v) is 8.04. The Hall–Kier alpha value is -2.56. The van der Waals surface area contributed by atoms with Crippen molar-refractivity contribution in [2.75, 3.05) is 11.9 Å². The van der Waals surface area contributed by atoms with Crippen LogP contribution in [-0.4, -0.2) is 21.5 Å². The summed E-state index contributed by atoms with van der Waals surface area (Å²) < 4.78 is 7.06. The van der Waals surface area contributed by atoms with Crippen LogP contribution in [0.2, 0.25) is 0 Å². The van der Waals surface area contributed by atoms with Crippen molar-refractivity contribution in [3.8, 4) is 17.3 Å². The average molecular weight is 328 g/mol. The molecule has 0 spiro atoms. The van der Waals surface area contributed by atoms with E-state index in [1.165, 1.54) is 0 Å². The number of aliphatic hydroxyl groups excluding tert-OH is 1. The second kappa shape index (κ2) is 6.69. The van der Waals surface area contributed by atoms with Gasteiger partial charge in [0.25, 0.3) is 0 Å². The minimum absolute atomic E-state index is 0.0117. The van der Waals surface area contributed by atoms with E-state index in [1.807, 2.05) is 30.5 Å². The van der Waals surface area contributed by atoms with Crippen LogP contribution in [0.1, 0.15) is 16.2 Å². The SMILES string of the molecule is Cc1occc1-c1cc(NCc2cc(C#N)cs2)n(CCO)n1. The van der Waals surface area contributed by atoms with Crippen LogP contribution in [-0.2, 0) is 13.1 Å². The molecule has 0 aliphatic heterocycles. The quantitative estimate of drug-likeness (QED) is 0.726. The number of hydrogen-bond donors (Lipinski definition) is 2. The summed E-state index contributed by atoms with van der Waals surface area (Å²) in [4.78, 5) is 1.07. The summed E-state index contributed by atoms with van der Waals surface area (Å²) >= 11 is 1.54. The van der Waals surface area contributed by atoms with Gasteiger partial charge < -0.3 is 14.8 Å².